The molecule has 0 aliphatic heterocycles. The van der Waals surface area contributed by atoms with Gasteiger partial charge in [-0.25, -0.2) is 0 Å². The molecule has 0 radical (unpaired) electrons. The molecule has 2 aromatic heterocycles. The van der Waals surface area contributed by atoms with Crippen LogP contribution >= 0.6 is 0 Å². The minimum absolute atomic E-state index is 0.00582. The molecule has 5 heteroatoms. The maximum absolute atomic E-state index is 7.40. The fraction of sp³-hybridized carbons (Fsp3) is 0.267. The van der Waals surface area contributed by atoms with Crippen LogP contribution in [0.4, 0.5) is 0 Å². The van der Waals surface area contributed by atoms with E-state index in [4.69, 9.17) is 11.1 Å². The molecule has 5 nitrogen and oxygen atoms in total. The fourth-order valence-corrected chi connectivity index (χ4v) is 1.98. The van der Waals surface area contributed by atoms with Gasteiger partial charge in [-0.2, -0.15) is 0 Å². The van der Waals surface area contributed by atoms with Crippen LogP contribution in [0, 0.1) is 5.41 Å². The molecule has 0 fully saturated rings. The maximum Gasteiger partial charge on any atom is 0.141 e. The van der Waals surface area contributed by atoms with Crippen molar-refractivity contribution in [3.8, 4) is 0 Å². The fourth-order valence-electron chi connectivity index (χ4n) is 1.98. The van der Waals surface area contributed by atoms with E-state index in [1.807, 2.05) is 36.7 Å². The summed E-state index contributed by atoms with van der Waals surface area (Å²) in [6.45, 7) is 1.77. The Balaban J connectivity index is 1.89. The number of aromatic nitrogens is 2. The van der Waals surface area contributed by atoms with E-state index in [9.17, 15) is 0 Å². The predicted octanol–water partition coefficient (Wildman–Crippen LogP) is 1.44. The second-order valence-corrected chi connectivity index (χ2v) is 4.81. The van der Waals surface area contributed by atoms with Gasteiger partial charge in [0.1, 0.15) is 11.5 Å². The van der Waals surface area contributed by atoms with E-state index in [0.717, 1.165) is 25.1 Å². The average Bonchev–Trinajstić information content (AvgIpc) is 2.46. The number of hydrogen-bond donors (Lipinski definition) is 2. The van der Waals surface area contributed by atoms with Crippen LogP contribution in [-0.4, -0.2) is 34.3 Å². The number of nitrogens with two attached hydrogens (primary N) is 1. The zero-order chi connectivity index (χ0) is 14.4. The Morgan fingerprint density at radius 3 is 2.60 bits per heavy atom. The van der Waals surface area contributed by atoms with Crippen LogP contribution < -0.4 is 5.73 Å². The maximum atomic E-state index is 7.40. The standard InChI is InChI=1S/C15H19N5/c1-20(9-5-12-2-6-18-7-3-12)11-13-4-8-19-14(10-13)15(16)17/h2-4,6-8,10H,5,9,11H2,1H3,(H3,16,17). The van der Waals surface area contributed by atoms with Gasteiger partial charge in [0.05, 0.1) is 0 Å². The van der Waals surface area contributed by atoms with Gasteiger partial charge in [0.15, 0.2) is 0 Å². The number of amidine groups is 1. The Labute approximate surface area is 119 Å². The van der Waals surface area contributed by atoms with Crippen molar-refractivity contribution in [1.29, 1.82) is 5.41 Å². The lowest BCUT2D eigenvalue weighted by Crippen LogP contribution is -2.21. The molecule has 0 amide bonds. The molecule has 0 spiro atoms. The van der Waals surface area contributed by atoms with Crippen LogP contribution in [0.3, 0.4) is 0 Å². The summed E-state index contributed by atoms with van der Waals surface area (Å²) in [5.41, 5.74) is 8.38. The minimum atomic E-state index is 0.00582. The molecule has 0 unspecified atom stereocenters. The van der Waals surface area contributed by atoms with E-state index in [1.54, 1.807) is 6.20 Å². The Morgan fingerprint density at radius 1 is 1.20 bits per heavy atom. The highest BCUT2D eigenvalue weighted by molar-refractivity contribution is 5.93. The van der Waals surface area contributed by atoms with Crippen LogP contribution in [-0.2, 0) is 13.0 Å². The molecule has 0 aliphatic carbocycles. The summed E-state index contributed by atoms with van der Waals surface area (Å²) < 4.78 is 0. The summed E-state index contributed by atoms with van der Waals surface area (Å²) in [6, 6.07) is 7.89. The minimum Gasteiger partial charge on any atom is -0.382 e. The van der Waals surface area contributed by atoms with Gasteiger partial charge in [0.25, 0.3) is 0 Å². The number of likely N-dealkylation sites (N-methyl/N-ethyl adjacent to an activating group) is 1. The summed E-state index contributed by atoms with van der Waals surface area (Å²) in [7, 11) is 2.08. The molecular formula is C15H19N5. The molecule has 20 heavy (non-hydrogen) atoms. The molecule has 104 valence electrons. The summed E-state index contributed by atoms with van der Waals surface area (Å²) in [4.78, 5) is 10.3. The van der Waals surface area contributed by atoms with Gasteiger partial charge in [-0.1, -0.05) is 0 Å². The molecule has 0 aromatic carbocycles. The lowest BCUT2D eigenvalue weighted by molar-refractivity contribution is 0.331. The van der Waals surface area contributed by atoms with Crippen molar-refractivity contribution in [2.45, 2.75) is 13.0 Å². The smallest absolute Gasteiger partial charge is 0.141 e. The van der Waals surface area contributed by atoms with Crippen molar-refractivity contribution in [3.05, 3.63) is 59.7 Å². The first-order valence-corrected chi connectivity index (χ1v) is 6.52. The second kappa shape index (κ2) is 6.77. The first-order chi connectivity index (χ1) is 9.65. The third-order valence-corrected chi connectivity index (χ3v) is 3.08. The van der Waals surface area contributed by atoms with E-state index in [2.05, 4.69) is 21.9 Å². The third-order valence-electron chi connectivity index (χ3n) is 3.08. The van der Waals surface area contributed by atoms with Crippen LogP contribution in [0.5, 0.6) is 0 Å². The van der Waals surface area contributed by atoms with Crippen molar-refractivity contribution >= 4 is 5.84 Å². The van der Waals surface area contributed by atoms with E-state index in [-0.39, 0.29) is 5.84 Å². The number of nitrogen functional groups attached to an aromatic ring is 1. The first kappa shape index (κ1) is 14.1. The molecule has 2 heterocycles. The van der Waals surface area contributed by atoms with Crippen molar-refractivity contribution in [1.82, 2.24) is 14.9 Å². The van der Waals surface area contributed by atoms with Crippen molar-refractivity contribution in [3.63, 3.8) is 0 Å². The number of pyridine rings is 2. The normalized spacial score (nSPS) is 10.7. The molecule has 0 saturated carbocycles. The van der Waals surface area contributed by atoms with E-state index in [1.165, 1.54) is 5.56 Å². The van der Waals surface area contributed by atoms with Gasteiger partial charge in [0, 0.05) is 31.7 Å². The van der Waals surface area contributed by atoms with E-state index >= 15 is 0 Å². The quantitative estimate of drug-likeness (QED) is 0.614. The number of hydrogen-bond acceptors (Lipinski definition) is 4. The lowest BCUT2D eigenvalue weighted by Gasteiger charge is -2.16. The zero-order valence-electron chi connectivity index (χ0n) is 11.6. The Morgan fingerprint density at radius 2 is 1.90 bits per heavy atom. The summed E-state index contributed by atoms with van der Waals surface area (Å²) in [5.74, 6) is 0.00582. The highest BCUT2D eigenvalue weighted by Gasteiger charge is 2.04. The Bertz CT molecular complexity index is 567. The summed E-state index contributed by atoms with van der Waals surface area (Å²) >= 11 is 0. The van der Waals surface area contributed by atoms with Crippen LogP contribution in [0.1, 0.15) is 16.8 Å². The highest BCUT2D eigenvalue weighted by atomic mass is 15.1. The average molecular weight is 269 g/mol. The predicted molar refractivity (Wildman–Crippen MR) is 79.5 cm³/mol. The molecule has 0 saturated heterocycles. The van der Waals surface area contributed by atoms with Gasteiger partial charge in [-0.15, -0.1) is 0 Å². The van der Waals surface area contributed by atoms with Crippen LogP contribution in [0.2, 0.25) is 0 Å². The van der Waals surface area contributed by atoms with E-state index < -0.39 is 0 Å². The monoisotopic (exact) mass is 269 g/mol. The summed E-state index contributed by atoms with van der Waals surface area (Å²) in [6.07, 6.45) is 6.32. The van der Waals surface area contributed by atoms with Crippen LogP contribution in [0.25, 0.3) is 0 Å². The molecule has 0 bridgehead atoms. The van der Waals surface area contributed by atoms with Gasteiger partial charge >= 0.3 is 0 Å². The van der Waals surface area contributed by atoms with Crippen molar-refractivity contribution in [2.24, 2.45) is 5.73 Å². The Kier molecular flexibility index (Phi) is 4.79. The van der Waals surface area contributed by atoms with Gasteiger partial charge < -0.3 is 10.6 Å². The zero-order valence-corrected chi connectivity index (χ0v) is 11.6. The number of rotatable bonds is 6. The first-order valence-electron chi connectivity index (χ1n) is 6.52. The summed E-state index contributed by atoms with van der Waals surface area (Å²) in [5, 5.41) is 7.40. The van der Waals surface area contributed by atoms with Crippen LogP contribution in [0.15, 0.2) is 42.9 Å². The SMILES string of the molecule is CN(CCc1ccncc1)Cc1ccnc(C(=N)N)c1. The second-order valence-electron chi connectivity index (χ2n) is 4.81. The molecule has 2 rings (SSSR count). The van der Waals surface area contributed by atoms with Crippen molar-refractivity contribution in [2.75, 3.05) is 13.6 Å². The molecule has 0 atom stereocenters. The van der Waals surface area contributed by atoms with Gasteiger partial charge in [-0.05, 0) is 48.9 Å². The largest absolute Gasteiger partial charge is 0.382 e. The molecule has 3 N–H and O–H groups in total. The van der Waals surface area contributed by atoms with Gasteiger partial charge in [0.2, 0.25) is 0 Å². The highest BCUT2D eigenvalue weighted by Crippen LogP contribution is 2.06. The van der Waals surface area contributed by atoms with E-state index in [0.29, 0.717) is 5.69 Å². The lowest BCUT2D eigenvalue weighted by atomic mass is 10.1. The molecular weight excluding hydrogens is 250 g/mol. The number of nitrogens with one attached hydrogen (secondary N) is 1. The molecule has 0 aliphatic rings. The van der Waals surface area contributed by atoms with Gasteiger partial charge in [-0.3, -0.25) is 15.4 Å². The number of nitrogens with zero attached hydrogens (tertiary/aromatic N) is 3. The molecule has 2 aromatic rings. The Hall–Kier alpha value is -2.27. The third kappa shape index (κ3) is 4.13. The topological polar surface area (TPSA) is 78.9 Å². The van der Waals surface area contributed by atoms with Crippen molar-refractivity contribution < 1.29 is 0 Å².